The molecule has 0 bridgehead atoms. The van der Waals surface area contributed by atoms with Crippen LogP contribution >= 0.6 is 0 Å². The van der Waals surface area contributed by atoms with Crippen LogP contribution in [-0.2, 0) is 23.9 Å². The lowest BCUT2D eigenvalue weighted by Gasteiger charge is -2.15. The van der Waals surface area contributed by atoms with Crippen LogP contribution in [0.1, 0.15) is 13.3 Å². The van der Waals surface area contributed by atoms with Crippen LogP contribution in [0.5, 0.6) is 0 Å². The van der Waals surface area contributed by atoms with Gasteiger partial charge in [-0.2, -0.15) is 0 Å². The molecule has 0 fully saturated rings. The Morgan fingerprint density at radius 2 is 1.74 bits per heavy atom. The fraction of sp³-hybridized carbons (Fsp3) is 0.615. The monoisotopic (exact) mass is 271 g/mol. The Hall–Kier alpha value is -1.53. The van der Waals surface area contributed by atoms with Crippen LogP contribution in [0, 0.1) is 0 Å². The van der Waals surface area contributed by atoms with Gasteiger partial charge in [0.15, 0.2) is 0 Å². The molecule has 0 radical (unpaired) electrons. The molecule has 6 heteroatoms. The molecule has 0 aliphatic carbocycles. The molecule has 0 aliphatic rings. The van der Waals surface area contributed by atoms with Crippen LogP contribution in [0.3, 0.4) is 0 Å². The summed E-state index contributed by atoms with van der Waals surface area (Å²) in [6.45, 7) is 3.66. The second-order valence-electron chi connectivity index (χ2n) is 3.95. The largest absolute Gasteiger partial charge is 0.379 e. The van der Waals surface area contributed by atoms with Crippen molar-refractivity contribution in [3.8, 4) is 0 Å². The molecule has 0 saturated heterocycles. The van der Waals surface area contributed by atoms with E-state index in [-0.39, 0.29) is 5.91 Å². The van der Waals surface area contributed by atoms with Crippen molar-refractivity contribution in [2.75, 3.05) is 40.0 Å². The Morgan fingerprint density at radius 1 is 1.11 bits per heavy atom. The van der Waals surface area contributed by atoms with Crippen LogP contribution in [0.4, 0.5) is 0 Å². The quantitative estimate of drug-likeness (QED) is 0.305. The normalized spacial score (nSPS) is 11.2. The zero-order valence-corrected chi connectivity index (χ0v) is 11.5. The number of likely N-dealkylation sites (N-methyl/N-ethyl adjacent to an activating group) is 1. The highest BCUT2D eigenvalue weighted by Crippen LogP contribution is 1.92. The minimum Gasteiger partial charge on any atom is -0.379 e. The van der Waals surface area contributed by atoms with Gasteiger partial charge >= 0.3 is 0 Å². The first-order valence-corrected chi connectivity index (χ1v) is 6.09. The molecule has 0 saturated carbocycles. The van der Waals surface area contributed by atoms with Gasteiger partial charge in [-0.25, -0.2) is 0 Å². The van der Waals surface area contributed by atoms with Crippen LogP contribution < -0.4 is 0 Å². The highest BCUT2D eigenvalue weighted by Gasteiger charge is 2.05. The molecule has 0 aromatic carbocycles. The Bertz CT molecular complexity index is 314. The summed E-state index contributed by atoms with van der Waals surface area (Å²) in [5, 5.41) is 0. The number of carbonyl (C=O) groups is 3. The van der Waals surface area contributed by atoms with Crippen molar-refractivity contribution in [3.63, 3.8) is 0 Å². The minimum absolute atomic E-state index is 0.226. The summed E-state index contributed by atoms with van der Waals surface area (Å²) in [6, 6.07) is 0. The first kappa shape index (κ1) is 17.5. The lowest BCUT2D eigenvalue weighted by molar-refractivity contribution is -0.125. The predicted molar refractivity (Wildman–Crippen MR) is 69.8 cm³/mol. The van der Waals surface area contributed by atoms with Gasteiger partial charge in [-0.3, -0.25) is 9.59 Å². The first-order chi connectivity index (χ1) is 9.11. The van der Waals surface area contributed by atoms with Crippen molar-refractivity contribution in [1.82, 2.24) is 4.90 Å². The number of rotatable bonds is 11. The van der Waals surface area contributed by atoms with Gasteiger partial charge in [-0.05, 0) is 12.5 Å². The molecule has 0 atom stereocenters. The zero-order chi connectivity index (χ0) is 14.5. The summed E-state index contributed by atoms with van der Waals surface area (Å²) in [5.41, 5.74) is 0.390. The van der Waals surface area contributed by atoms with E-state index in [1.54, 1.807) is 14.0 Å². The zero-order valence-electron chi connectivity index (χ0n) is 11.5. The van der Waals surface area contributed by atoms with E-state index in [1.807, 2.05) is 0 Å². The number of hydrogen-bond acceptors (Lipinski definition) is 5. The van der Waals surface area contributed by atoms with Gasteiger partial charge in [0.1, 0.15) is 12.6 Å². The second-order valence-corrected chi connectivity index (χ2v) is 3.95. The van der Waals surface area contributed by atoms with Gasteiger partial charge in [0.05, 0.1) is 26.4 Å². The summed E-state index contributed by atoms with van der Waals surface area (Å²) in [4.78, 5) is 33.4. The number of allylic oxidation sites excluding steroid dienone is 1. The number of aldehydes is 2. The van der Waals surface area contributed by atoms with Crippen molar-refractivity contribution < 1.29 is 23.9 Å². The number of nitrogens with zero attached hydrogens (tertiary/aromatic N) is 1. The number of hydrogen-bond donors (Lipinski definition) is 0. The maximum absolute atomic E-state index is 11.5. The smallest absolute Gasteiger partial charge is 0.246 e. The molecule has 1 amide bonds. The number of carbonyl (C=O) groups excluding carboxylic acids is 3. The van der Waals surface area contributed by atoms with E-state index in [4.69, 9.17) is 9.47 Å². The van der Waals surface area contributed by atoms with E-state index >= 15 is 0 Å². The molecule has 0 spiro atoms. The van der Waals surface area contributed by atoms with Crippen LogP contribution in [-0.4, -0.2) is 63.4 Å². The highest BCUT2D eigenvalue weighted by molar-refractivity contribution is 5.93. The molecule has 0 unspecified atom stereocenters. The Labute approximate surface area is 113 Å². The first-order valence-electron chi connectivity index (χ1n) is 6.09. The fourth-order valence-electron chi connectivity index (χ4n) is 1.10. The third-order valence-corrected chi connectivity index (χ3v) is 2.24. The number of ether oxygens (including phenoxy) is 2. The molecule has 108 valence electrons. The van der Waals surface area contributed by atoms with E-state index in [0.29, 0.717) is 51.3 Å². The molecule has 6 nitrogen and oxygen atoms in total. The Balaban J connectivity index is 3.58. The van der Waals surface area contributed by atoms with Gasteiger partial charge in [0.25, 0.3) is 0 Å². The van der Waals surface area contributed by atoms with Gasteiger partial charge in [-0.1, -0.05) is 0 Å². The van der Waals surface area contributed by atoms with Gasteiger partial charge in [0.2, 0.25) is 5.91 Å². The fourth-order valence-corrected chi connectivity index (χ4v) is 1.10. The third-order valence-electron chi connectivity index (χ3n) is 2.24. The summed E-state index contributed by atoms with van der Waals surface area (Å²) >= 11 is 0. The summed E-state index contributed by atoms with van der Waals surface area (Å²) in [5.74, 6) is -0.226. The number of amides is 1. The maximum atomic E-state index is 11.5. The van der Waals surface area contributed by atoms with Crippen molar-refractivity contribution in [2.24, 2.45) is 0 Å². The Kier molecular flexibility index (Phi) is 10.6. The van der Waals surface area contributed by atoms with Crippen LogP contribution in [0.15, 0.2) is 11.6 Å². The molecule has 0 aromatic heterocycles. The van der Waals surface area contributed by atoms with Crippen molar-refractivity contribution in [2.45, 2.75) is 13.3 Å². The van der Waals surface area contributed by atoms with Crippen molar-refractivity contribution in [1.29, 1.82) is 0 Å². The van der Waals surface area contributed by atoms with Crippen molar-refractivity contribution >= 4 is 18.5 Å². The van der Waals surface area contributed by atoms with Crippen LogP contribution in [0.25, 0.3) is 0 Å². The average Bonchev–Trinajstić information content (AvgIpc) is 2.41. The average molecular weight is 271 g/mol. The van der Waals surface area contributed by atoms with Crippen LogP contribution in [0.2, 0.25) is 0 Å². The Morgan fingerprint density at radius 3 is 2.32 bits per heavy atom. The topological polar surface area (TPSA) is 72.9 Å². The third kappa shape index (κ3) is 10.1. The lowest BCUT2D eigenvalue weighted by atomic mass is 10.3. The molecule has 0 N–H and O–H groups in total. The maximum Gasteiger partial charge on any atom is 0.246 e. The highest BCUT2D eigenvalue weighted by atomic mass is 16.5. The van der Waals surface area contributed by atoms with Gasteiger partial charge in [0, 0.05) is 26.1 Å². The van der Waals surface area contributed by atoms with Gasteiger partial charge in [-0.15, -0.1) is 0 Å². The molecule has 0 heterocycles. The molecular formula is C13H21NO5. The second kappa shape index (κ2) is 11.6. The SMILES string of the molecule is C/C(C=O)=C/C(=O)N(C)CCOCCOCCC=O. The minimum atomic E-state index is -0.226. The van der Waals surface area contributed by atoms with Crippen molar-refractivity contribution in [3.05, 3.63) is 11.6 Å². The molecule has 0 aliphatic heterocycles. The summed E-state index contributed by atoms with van der Waals surface area (Å²) < 4.78 is 10.4. The van der Waals surface area contributed by atoms with E-state index in [1.165, 1.54) is 11.0 Å². The molecule has 19 heavy (non-hydrogen) atoms. The van der Waals surface area contributed by atoms with E-state index in [2.05, 4.69) is 0 Å². The predicted octanol–water partition coefficient (Wildman–Crippen LogP) is 0.212. The standard InChI is InChI=1S/C13H21NO5/c1-12(11-16)10-13(17)14(2)4-7-19-9-8-18-6-3-5-15/h5,10-11H,3-4,6-9H2,1-2H3/b12-10-. The molecular weight excluding hydrogens is 250 g/mol. The summed E-state index contributed by atoms with van der Waals surface area (Å²) in [6.07, 6.45) is 3.12. The van der Waals surface area contributed by atoms with E-state index in [0.717, 1.165) is 6.29 Å². The molecule has 0 aromatic rings. The summed E-state index contributed by atoms with van der Waals surface area (Å²) in [7, 11) is 1.64. The lowest BCUT2D eigenvalue weighted by Crippen LogP contribution is -2.29. The van der Waals surface area contributed by atoms with Gasteiger partial charge < -0.3 is 19.2 Å². The van der Waals surface area contributed by atoms with E-state index < -0.39 is 0 Å². The van der Waals surface area contributed by atoms with E-state index in [9.17, 15) is 14.4 Å². The molecule has 0 rings (SSSR count).